The van der Waals surface area contributed by atoms with Gasteiger partial charge in [0.05, 0.1) is 26.4 Å². The van der Waals surface area contributed by atoms with Crippen LogP contribution in [0.3, 0.4) is 0 Å². The lowest BCUT2D eigenvalue weighted by Gasteiger charge is -2.05. The first-order chi connectivity index (χ1) is 8.77. The number of primary amides is 1. The third-order valence-electron chi connectivity index (χ3n) is 2.20. The Morgan fingerprint density at radius 3 is 1.89 bits per heavy atom. The number of unbranched alkanes of at least 4 members (excludes halogenated alkanes) is 2. The smallest absolute Gasteiger partial charge is 0.219 e. The van der Waals surface area contributed by atoms with Crippen LogP contribution in [0.4, 0.5) is 0 Å². The van der Waals surface area contributed by atoms with Crippen LogP contribution in [-0.4, -0.2) is 52.1 Å². The summed E-state index contributed by atoms with van der Waals surface area (Å²) in [7, 11) is 0. The number of amides is 1. The van der Waals surface area contributed by atoms with Gasteiger partial charge in [0.2, 0.25) is 5.91 Å². The third kappa shape index (κ3) is 15.3. The van der Waals surface area contributed by atoms with Crippen molar-refractivity contribution < 1.29 is 19.0 Å². The van der Waals surface area contributed by atoms with Gasteiger partial charge in [-0.25, -0.2) is 0 Å². The van der Waals surface area contributed by atoms with Gasteiger partial charge < -0.3 is 25.7 Å². The monoisotopic (exact) mass is 262 g/mol. The molecule has 0 aromatic carbocycles. The molecule has 0 aliphatic carbocycles. The number of carbonyl (C=O) groups excluding carboxylic acids is 1. The van der Waals surface area contributed by atoms with Crippen LogP contribution < -0.4 is 11.5 Å². The Hall–Kier alpha value is -0.690. The number of ether oxygens (including phenoxy) is 3. The first-order valence-corrected chi connectivity index (χ1v) is 6.49. The summed E-state index contributed by atoms with van der Waals surface area (Å²) in [5, 5.41) is 0. The highest BCUT2D eigenvalue weighted by Crippen LogP contribution is 1.96. The van der Waals surface area contributed by atoms with E-state index in [-0.39, 0.29) is 12.3 Å². The van der Waals surface area contributed by atoms with Crippen molar-refractivity contribution in [2.45, 2.75) is 25.7 Å². The maximum Gasteiger partial charge on any atom is 0.219 e. The molecule has 4 N–H and O–H groups in total. The summed E-state index contributed by atoms with van der Waals surface area (Å²) in [6.07, 6.45) is 3.42. The fourth-order valence-corrected chi connectivity index (χ4v) is 1.27. The molecule has 0 aromatic rings. The Labute approximate surface area is 109 Å². The van der Waals surface area contributed by atoms with Crippen molar-refractivity contribution in [2.24, 2.45) is 11.5 Å². The van der Waals surface area contributed by atoms with E-state index in [1.165, 1.54) is 0 Å². The number of rotatable bonds is 14. The van der Waals surface area contributed by atoms with Crippen molar-refractivity contribution in [3.05, 3.63) is 0 Å². The highest BCUT2D eigenvalue weighted by molar-refractivity contribution is 5.73. The zero-order valence-corrected chi connectivity index (χ0v) is 11.1. The Balaban J connectivity index is 2.92. The van der Waals surface area contributed by atoms with Crippen molar-refractivity contribution in [2.75, 3.05) is 46.2 Å². The molecule has 0 spiro atoms. The van der Waals surface area contributed by atoms with Crippen molar-refractivity contribution in [1.29, 1.82) is 0 Å². The first kappa shape index (κ1) is 17.3. The molecule has 1 amide bonds. The van der Waals surface area contributed by atoms with Gasteiger partial charge >= 0.3 is 0 Å². The summed E-state index contributed by atoms with van der Waals surface area (Å²) in [5.74, 6) is -0.340. The minimum Gasteiger partial charge on any atom is -0.380 e. The second-order valence-electron chi connectivity index (χ2n) is 3.90. The molecule has 6 nitrogen and oxygen atoms in total. The van der Waals surface area contributed by atoms with Gasteiger partial charge in [-0.1, -0.05) is 0 Å². The fourth-order valence-electron chi connectivity index (χ4n) is 1.27. The van der Waals surface area contributed by atoms with E-state index in [1.54, 1.807) is 0 Å². The van der Waals surface area contributed by atoms with Gasteiger partial charge in [-0.15, -0.1) is 0 Å². The lowest BCUT2D eigenvalue weighted by molar-refractivity contribution is -0.119. The maximum absolute atomic E-state index is 10.4. The van der Waals surface area contributed by atoms with Crippen molar-refractivity contribution >= 4 is 5.91 Å². The van der Waals surface area contributed by atoms with Crippen LogP contribution in [0.2, 0.25) is 0 Å². The largest absolute Gasteiger partial charge is 0.380 e. The van der Waals surface area contributed by atoms with Gasteiger partial charge in [0.15, 0.2) is 0 Å². The number of carbonyl (C=O) groups is 1. The minimum atomic E-state index is -0.340. The normalized spacial score (nSPS) is 10.7. The minimum absolute atomic E-state index is 0.267. The second-order valence-corrected chi connectivity index (χ2v) is 3.90. The van der Waals surface area contributed by atoms with Crippen LogP contribution in [0.25, 0.3) is 0 Å². The molecular weight excluding hydrogens is 236 g/mol. The average Bonchev–Trinajstić information content (AvgIpc) is 2.34. The summed E-state index contributed by atoms with van der Waals surface area (Å²) in [5.41, 5.74) is 10.3. The third-order valence-corrected chi connectivity index (χ3v) is 2.20. The summed E-state index contributed by atoms with van der Waals surface area (Å²) < 4.78 is 15.8. The summed E-state index contributed by atoms with van der Waals surface area (Å²) in [6, 6.07) is 0. The van der Waals surface area contributed by atoms with Crippen LogP contribution in [0, 0.1) is 0 Å². The zero-order chi connectivity index (χ0) is 13.5. The molecule has 0 saturated carbocycles. The molecule has 18 heavy (non-hydrogen) atoms. The number of hydrogen-bond donors (Lipinski definition) is 2. The SMILES string of the molecule is NCCOCCCCCOCCOCCC(N)=O. The molecular formula is C12H26N2O4. The lowest BCUT2D eigenvalue weighted by Crippen LogP contribution is -2.15. The van der Waals surface area contributed by atoms with E-state index in [4.69, 9.17) is 25.7 Å². The quantitative estimate of drug-likeness (QED) is 0.431. The lowest BCUT2D eigenvalue weighted by atomic mass is 10.2. The molecule has 0 atom stereocenters. The van der Waals surface area contributed by atoms with Crippen molar-refractivity contribution in [1.82, 2.24) is 0 Å². The van der Waals surface area contributed by atoms with E-state index in [0.29, 0.717) is 33.0 Å². The molecule has 0 aliphatic rings. The molecule has 0 heterocycles. The Kier molecular flexibility index (Phi) is 13.8. The topological polar surface area (TPSA) is 96.8 Å². The van der Waals surface area contributed by atoms with Crippen molar-refractivity contribution in [3.8, 4) is 0 Å². The van der Waals surface area contributed by atoms with E-state index < -0.39 is 0 Å². The summed E-state index contributed by atoms with van der Waals surface area (Å²) in [4.78, 5) is 10.4. The van der Waals surface area contributed by atoms with Gasteiger partial charge in [-0.2, -0.15) is 0 Å². The molecule has 0 aliphatic heterocycles. The zero-order valence-electron chi connectivity index (χ0n) is 11.1. The molecule has 6 heteroatoms. The molecule has 0 saturated heterocycles. The van der Waals surface area contributed by atoms with Gasteiger partial charge in [0.1, 0.15) is 0 Å². The van der Waals surface area contributed by atoms with Gasteiger partial charge in [-0.05, 0) is 19.3 Å². The van der Waals surface area contributed by atoms with Gasteiger partial charge in [0.25, 0.3) is 0 Å². The van der Waals surface area contributed by atoms with E-state index in [2.05, 4.69) is 0 Å². The van der Waals surface area contributed by atoms with Crippen molar-refractivity contribution in [3.63, 3.8) is 0 Å². The van der Waals surface area contributed by atoms with Gasteiger partial charge in [0, 0.05) is 26.2 Å². The molecule has 0 fully saturated rings. The number of hydrogen-bond acceptors (Lipinski definition) is 5. The summed E-state index contributed by atoms with van der Waals surface area (Å²) in [6.45, 7) is 4.16. The predicted octanol–water partition coefficient (Wildman–Crippen LogP) is 0.0406. The maximum atomic E-state index is 10.4. The molecule has 0 radical (unpaired) electrons. The first-order valence-electron chi connectivity index (χ1n) is 6.49. The van der Waals surface area contributed by atoms with Crippen LogP contribution in [0.1, 0.15) is 25.7 Å². The molecule has 0 unspecified atom stereocenters. The predicted molar refractivity (Wildman–Crippen MR) is 69.2 cm³/mol. The molecule has 0 aromatic heterocycles. The Morgan fingerprint density at radius 1 is 0.778 bits per heavy atom. The standard InChI is InChI=1S/C12H26N2O4/c13-5-9-16-6-2-1-3-7-17-10-11-18-8-4-12(14)15/h1-11,13H2,(H2,14,15). The summed E-state index contributed by atoms with van der Waals surface area (Å²) >= 11 is 0. The highest BCUT2D eigenvalue weighted by Gasteiger charge is 1.95. The average molecular weight is 262 g/mol. The van der Waals surface area contributed by atoms with E-state index in [0.717, 1.165) is 32.5 Å². The molecule has 0 rings (SSSR count). The van der Waals surface area contributed by atoms with E-state index >= 15 is 0 Å². The van der Waals surface area contributed by atoms with Crippen LogP contribution >= 0.6 is 0 Å². The molecule has 0 bridgehead atoms. The van der Waals surface area contributed by atoms with Crippen LogP contribution in [0.5, 0.6) is 0 Å². The Morgan fingerprint density at radius 2 is 1.33 bits per heavy atom. The highest BCUT2D eigenvalue weighted by atomic mass is 16.5. The van der Waals surface area contributed by atoms with Crippen LogP contribution in [-0.2, 0) is 19.0 Å². The van der Waals surface area contributed by atoms with Crippen LogP contribution in [0.15, 0.2) is 0 Å². The fraction of sp³-hybridized carbons (Fsp3) is 0.917. The number of nitrogens with two attached hydrogens (primary N) is 2. The Bertz CT molecular complexity index is 191. The van der Waals surface area contributed by atoms with E-state index in [1.807, 2.05) is 0 Å². The molecule has 108 valence electrons. The van der Waals surface area contributed by atoms with Gasteiger partial charge in [-0.3, -0.25) is 4.79 Å². The van der Waals surface area contributed by atoms with E-state index in [9.17, 15) is 4.79 Å². The second kappa shape index (κ2) is 14.4.